The van der Waals surface area contributed by atoms with Gasteiger partial charge in [0, 0.05) is 19.5 Å². The second-order valence-corrected chi connectivity index (χ2v) is 7.34. The molecule has 1 aliphatic heterocycles. The van der Waals surface area contributed by atoms with Crippen molar-refractivity contribution in [3.63, 3.8) is 0 Å². The number of carbonyl (C=O) groups is 1. The van der Waals surface area contributed by atoms with E-state index in [4.69, 9.17) is 5.14 Å². The molecule has 2 N–H and O–H groups in total. The van der Waals surface area contributed by atoms with Crippen molar-refractivity contribution in [2.75, 3.05) is 13.1 Å². The van der Waals surface area contributed by atoms with Gasteiger partial charge in [0.15, 0.2) is 0 Å². The van der Waals surface area contributed by atoms with E-state index in [2.05, 4.69) is 6.92 Å². The number of sulfonamides is 1. The zero-order valence-corrected chi connectivity index (χ0v) is 13.1. The standard InChI is InChI=1S/C15H22N2O3S/c1-12-3-2-10-17(11-12)15(18)9-6-13-4-7-14(8-5-13)21(16,19)20/h4-5,7-8,12H,2-3,6,9-11H2,1H3,(H2,16,19,20). The molecule has 0 saturated carbocycles. The predicted octanol–water partition coefficient (Wildman–Crippen LogP) is 1.53. The summed E-state index contributed by atoms with van der Waals surface area (Å²) in [6.45, 7) is 3.88. The van der Waals surface area contributed by atoms with Gasteiger partial charge in [-0.3, -0.25) is 4.79 Å². The summed E-state index contributed by atoms with van der Waals surface area (Å²) in [6.07, 6.45) is 3.35. The van der Waals surface area contributed by atoms with Crippen molar-refractivity contribution in [1.29, 1.82) is 0 Å². The number of rotatable bonds is 4. The molecular formula is C15H22N2O3S. The number of hydrogen-bond acceptors (Lipinski definition) is 3. The fourth-order valence-electron chi connectivity index (χ4n) is 2.67. The molecule has 6 heteroatoms. The quantitative estimate of drug-likeness (QED) is 0.915. The van der Waals surface area contributed by atoms with Crippen LogP contribution in [-0.2, 0) is 21.2 Å². The summed E-state index contributed by atoms with van der Waals surface area (Å²) in [4.78, 5) is 14.2. The monoisotopic (exact) mass is 310 g/mol. The Balaban J connectivity index is 1.89. The number of carbonyl (C=O) groups excluding carboxylic acids is 1. The van der Waals surface area contributed by atoms with Crippen molar-refractivity contribution in [3.05, 3.63) is 29.8 Å². The van der Waals surface area contributed by atoms with Gasteiger partial charge < -0.3 is 4.90 Å². The average molecular weight is 310 g/mol. The molecule has 1 amide bonds. The van der Waals surface area contributed by atoms with Crippen LogP contribution in [0.1, 0.15) is 31.7 Å². The van der Waals surface area contributed by atoms with E-state index in [1.807, 2.05) is 4.90 Å². The first kappa shape index (κ1) is 16.0. The van der Waals surface area contributed by atoms with Crippen molar-refractivity contribution in [1.82, 2.24) is 4.90 Å². The normalized spacial score (nSPS) is 19.5. The van der Waals surface area contributed by atoms with E-state index in [-0.39, 0.29) is 10.8 Å². The molecule has 1 aromatic rings. The van der Waals surface area contributed by atoms with E-state index in [1.165, 1.54) is 18.6 Å². The summed E-state index contributed by atoms with van der Waals surface area (Å²) in [5, 5.41) is 5.05. The fourth-order valence-corrected chi connectivity index (χ4v) is 3.19. The Hall–Kier alpha value is -1.40. The largest absolute Gasteiger partial charge is 0.342 e. The minimum absolute atomic E-state index is 0.0995. The molecule has 1 heterocycles. The van der Waals surface area contributed by atoms with Crippen LogP contribution in [0.5, 0.6) is 0 Å². The van der Waals surface area contributed by atoms with Gasteiger partial charge in [-0.25, -0.2) is 13.6 Å². The molecule has 1 fully saturated rings. The molecule has 0 radical (unpaired) electrons. The van der Waals surface area contributed by atoms with Crippen molar-refractivity contribution < 1.29 is 13.2 Å². The van der Waals surface area contributed by atoms with Gasteiger partial charge in [0.1, 0.15) is 0 Å². The minimum atomic E-state index is -3.65. The number of aryl methyl sites for hydroxylation is 1. The Morgan fingerprint density at radius 1 is 1.33 bits per heavy atom. The van der Waals surface area contributed by atoms with Gasteiger partial charge in [-0.05, 0) is 42.9 Å². The Bertz CT molecular complexity index is 596. The highest BCUT2D eigenvalue weighted by atomic mass is 32.2. The zero-order chi connectivity index (χ0) is 15.5. The molecule has 0 aromatic heterocycles. The van der Waals surface area contributed by atoms with Crippen molar-refractivity contribution in [2.45, 2.75) is 37.5 Å². The third-order valence-corrected chi connectivity index (χ3v) is 4.82. The van der Waals surface area contributed by atoms with E-state index in [1.54, 1.807) is 12.1 Å². The van der Waals surface area contributed by atoms with E-state index in [0.29, 0.717) is 18.8 Å². The van der Waals surface area contributed by atoms with E-state index >= 15 is 0 Å². The lowest BCUT2D eigenvalue weighted by Gasteiger charge is -2.31. The predicted molar refractivity (Wildman–Crippen MR) is 81.1 cm³/mol. The summed E-state index contributed by atoms with van der Waals surface area (Å²) >= 11 is 0. The highest BCUT2D eigenvalue weighted by Crippen LogP contribution is 2.17. The number of piperidine rings is 1. The van der Waals surface area contributed by atoms with Crippen LogP contribution in [0.25, 0.3) is 0 Å². The lowest BCUT2D eigenvalue weighted by atomic mass is 9.99. The van der Waals surface area contributed by atoms with Crippen molar-refractivity contribution >= 4 is 15.9 Å². The summed E-state index contributed by atoms with van der Waals surface area (Å²) < 4.78 is 22.3. The Kier molecular flexibility index (Phi) is 5.00. The lowest BCUT2D eigenvalue weighted by molar-refractivity contribution is -0.132. The van der Waals surface area contributed by atoms with Crippen LogP contribution in [-0.4, -0.2) is 32.3 Å². The first-order valence-corrected chi connectivity index (χ1v) is 8.80. The second kappa shape index (κ2) is 6.58. The molecule has 2 rings (SSSR count). The average Bonchev–Trinajstić information content (AvgIpc) is 2.44. The Morgan fingerprint density at radius 2 is 2.00 bits per heavy atom. The van der Waals surface area contributed by atoms with Crippen LogP contribution < -0.4 is 5.14 Å². The van der Waals surface area contributed by atoms with Crippen molar-refractivity contribution in [2.24, 2.45) is 11.1 Å². The molecule has 0 spiro atoms. The van der Waals surface area contributed by atoms with Crippen LogP contribution in [0, 0.1) is 5.92 Å². The van der Waals surface area contributed by atoms with Gasteiger partial charge in [0.2, 0.25) is 15.9 Å². The first-order valence-electron chi connectivity index (χ1n) is 7.26. The lowest BCUT2D eigenvalue weighted by Crippen LogP contribution is -2.39. The van der Waals surface area contributed by atoms with E-state index < -0.39 is 10.0 Å². The molecule has 5 nitrogen and oxygen atoms in total. The van der Waals surface area contributed by atoms with Gasteiger partial charge in [-0.1, -0.05) is 19.1 Å². The molecular weight excluding hydrogens is 288 g/mol. The SMILES string of the molecule is CC1CCCN(C(=O)CCc2ccc(S(N)(=O)=O)cc2)C1. The Morgan fingerprint density at radius 3 is 2.57 bits per heavy atom. The highest BCUT2D eigenvalue weighted by Gasteiger charge is 2.20. The number of benzene rings is 1. The maximum absolute atomic E-state index is 12.2. The molecule has 0 aliphatic carbocycles. The summed E-state index contributed by atoms with van der Waals surface area (Å²) in [5.41, 5.74) is 0.945. The van der Waals surface area contributed by atoms with E-state index in [0.717, 1.165) is 25.1 Å². The summed E-state index contributed by atoms with van der Waals surface area (Å²) in [7, 11) is -3.65. The number of amides is 1. The zero-order valence-electron chi connectivity index (χ0n) is 12.3. The molecule has 1 unspecified atom stereocenters. The van der Waals surface area contributed by atoms with Crippen molar-refractivity contribution in [3.8, 4) is 0 Å². The molecule has 1 aromatic carbocycles. The number of nitrogens with zero attached hydrogens (tertiary/aromatic N) is 1. The van der Waals surface area contributed by atoms with Gasteiger partial charge in [0.25, 0.3) is 0 Å². The second-order valence-electron chi connectivity index (χ2n) is 5.78. The van der Waals surface area contributed by atoms with E-state index in [9.17, 15) is 13.2 Å². The summed E-state index contributed by atoms with van der Waals surface area (Å²) in [6, 6.07) is 6.40. The van der Waals surface area contributed by atoms with Gasteiger partial charge in [-0.15, -0.1) is 0 Å². The smallest absolute Gasteiger partial charge is 0.238 e. The highest BCUT2D eigenvalue weighted by molar-refractivity contribution is 7.89. The third-order valence-electron chi connectivity index (χ3n) is 3.89. The molecule has 21 heavy (non-hydrogen) atoms. The van der Waals surface area contributed by atoms with Crippen LogP contribution in [0.2, 0.25) is 0 Å². The molecule has 0 bridgehead atoms. The van der Waals surface area contributed by atoms with Gasteiger partial charge in [-0.2, -0.15) is 0 Å². The fraction of sp³-hybridized carbons (Fsp3) is 0.533. The van der Waals surface area contributed by atoms with Gasteiger partial charge in [0.05, 0.1) is 4.90 Å². The molecule has 1 saturated heterocycles. The first-order chi connectivity index (χ1) is 9.86. The topological polar surface area (TPSA) is 80.5 Å². The summed E-state index contributed by atoms with van der Waals surface area (Å²) in [5.74, 6) is 0.758. The van der Waals surface area contributed by atoms with Crippen LogP contribution in [0.3, 0.4) is 0 Å². The van der Waals surface area contributed by atoms with Gasteiger partial charge >= 0.3 is 0 Å². The molecule has 1 aliphatic rings. The number of primary sulfonamides is 1. The maximum atomic E-state index is 12.2. The maximum Gasteiger partial charge on any atom is 0.238 e. The number of likely N-dealkylation sites (tertiary alicyclic amines) is 1. The third kappa shape index (κ3) is 4.54. The Labute approximate surface area is 126 Å². The number of hydrogen-bond donors (Lipinski definition) is 1. The molecule has 1 atom stereocenters. The number of nitrogens with two attached hydrogens (primary N) is 1. The molecule has 116 valence electrons. The van der Waals surface area contributed by atoms with Crippen LogP contribution >= 0.6 is 0 Å². The minimum Gasteiger partial charge on any atom is -0.342 e. The van der Waals surface area contributed by atoms with Crippen LogP contribution in [0.4, 0.5) is 0 Å². The van der Waals surface area contributed by atoms with Crippen LogP contribution in [0.15, 0.2) is 29.2 Å².